The maximum Gasteiger partial charge on any atom is 0.262 e. The first kappa shape index (κ1) is 11.8. The quantitative estimate of drug-likeness (QED) is 0.798. The molecule has 4 nitrogen and oxygen atoms in total. The van der Waals surface area contributed by atoms with Crippen molar-refractivity contribution >= 4 is 11.6 Å². The molecule has 0 aliphatic carbocycles. The molecule has 0 unspecified atom stereocenters. The topological polar surface area (TPSA) is 47.6 Å². The number of hydrogen-bond donors (Lipinski definition) is 1. The van der Waals surface area contributed by atoms with Crippen LogP contribution in [0.4, 0.5) is 5.69 Å². The average Bonchev–Trinajstić information content (AvgIpc) is 2.34. The van der Waals surface area contributed by atoms with Gasteiger partial charge < -0.3 is 14.8 Å². The lowest BCUT2D eigenvalue weighted by atomic mass is 10.2. The Hall–Kier alpha value is -1.71. The normalized spacial score (nSPS) is 13.6. The predicted octanol–water partition coefficient (Wildman–Crippen LogP) is 2.59. The molecule has 92 valence electrons. The van der Waals surface area contributed by atoms with Crippen molar-refractivity contribution in [1.82, 2.24) is 0 Å². The van der Waals surface area contributed by atoms with E-state index in [1.165, 1.54) is 12.8 Å². The van der Waals surface area contributed by atoms with E-state index in [0.717, 1.165) is 12.2 Å². The molecular formula is C13H17NO3. The first-order valence-corrected chi connectivity index (χ1v) is 5.99. The molecule has 1 amide bonds. The molecule has 0 radical (unpaired) electrons. The van der Waals surface area contributed by atoms with Gasteiger partial charge in [-0.05, 0) is 18.6 Å². The first-order valence-electron chi connectivity index (χ1n) is 5.99. The van der Waals surface area contributed by atoms with Gasteiger partial charge >= 0.3 is 0 Å². The van der Waals surface area contributed by atoms with Gasteiger partial charge in [-0.15, -0.1) is 0 Å². The van der Waals surface area contributed by atoms with Crippen LogP contribution in [0.25, 0.3) is 0 Å². The molecule has 0 aromatic heterocycles. The van der Waals surface area contributed by atoms with Gasteiger partial charge in [0.2, 0.25) is 0 Å². The molecule has 1 heterocycles. The number of unbranched alkanes of at least 4 members (excludes halogenated alkanes) is 2. The average molecular weight is 235 g/mol. The number of rotatable bonds is 5. The number of carbonyl (C=O) groups is 1. The van der Waals surface area contributed by atoms with Gasteiger partial charge in [0, 0.05) is 6.07 Å². The smallest absolute Gasteiger partial charge is 0.262 e. The summed E-state index contributed by atoms with van der Waals surface area (Å²) in [6.45, 7) is 2.96. The molecular weight excluding hydrogens is 218 g/mol. The number of anilines is 1. The summed E-state index contributed by atoms with van der Waals surface area (Å²) in [5.74, 6) is 1.34. The third kappa shape index (κ3) is 3.12. The Labute approximate surface area is 101 Å². The number of amides is 1. The monoisotopic (exact) mass is 235 g/mol. The van der Waals surface area contributed by atoms with E-state index in [2.05, 4.69) is 12.2 Å². The predicted molar refractivity (Wildman–Crippen MR) is 65.6 cm³/mol. The molecule has 17 heavy (non-hydrogen) atoms. The van der Waals surface area contributed by atoms with Gasteiger partial charge in [0.15, 0.2) is 6.61 Å². The van der Waals surface area contributed by atoms with E-state index in [1.54, 1.807) is 6.07 Å². The van der Waals surface area contributed by atoms with Crippen molar-refractivity contribution in [3.05, 3.63) is 18.2 Å². The van der Waals surface area contributed by atoms with Gasteiger partial charge in [-0.3, -0.25) is 4.79 Å². The number of hydrogen-bond acceptors (Lipinski definition) is 3. The van der Waals surface area contributed by atoms with E-state index in [0.29, 0.717) is 18.0 Å². The molecule has 1 N–H and O–H groups in total. The Balaban J connectivity index is 1.95. The summed E-state index contributed by atoms with van der Waals surface area (Å²) in [6.07, 6.45) is 3.40. The Morgan fingerprint density at radius 2 is 2.29 bits per heavy atom. The van der Waals surface area contributed by atoms with Crippen molar-refractivity contribution in [3.63, 3.8) is 0 Å². The van der Waals surface area contributed by atoms with Gasteiger partial charge in [-0.2, -0.15) is 0 Å². The first-order chi connectivity index (χ1) is 8.29. The van der Waals surface area contributed by atoms with E-state index < -0.39 is 0 Å². The molecule has 0 atom stereocenters. The Morgan fingerprint density at radius 1 is 1.41 bits per heavy atom. The molecule has 1 aliphatic heterocycles. The second kappa shape index (κ2) is 5.57. The number of ether oxygens (including phenoxy) is 2. The maximum absolute atomic E-state index is 11.2. The standard InChI is InChI=1S/C13H17NO3/c1-2-3-4-7-16-10-5-6-12-11(8-10)14-13(15)9-17-12/h5-6,8H,2-4,7,9H2,1H3,(H,14,15). The zero-order valence-electron chi connectivity index (χ0n) is 9.99. The fraction of sp³-hybridized carbons (Fsp3) is 0.462. The summed E-state index contributed by atoms with van der Waals surface area (Å²) in [4.78, 5) is 11.2. The second-order valence-corrected chi connectivity index (χ2v) is 4.05. The van der Waals surface area contributed by atoms with Crippen LogP contribution in [0, 0.1) is 0 Å². The van der Waals surface area contributed by atoms with Crippen LogP contribution < -0.4 is 14.8 Å². The van der Waals surface area contributed by atoms with Crippen molar-refractivity contribution in [2.75, 3.05) is 18.5 Å². The lowest BCUT2D eigenvalue weighted by Gasteiger charge is -2.18. The summed E-state index contributed by atoms with van der Waals surface area (Å²) < 4.78 is 10.9. The Bertz CT molecular complexity index is 404. The highest BCUT2D eigenvalue weighted by atomic mass is 16.5. The molecule has 2 rings (SSSR count). The van der Waals surface area contributed by atoms with Crippen molar-refractivity contribution < 1.29 is 14.3 Å². The fourth-order valence-electron chi connectivity index (χ4n) is 1.69. The van der Waals surface area contributed by atoms with Crippen LogP contribution in [0.2, 0.25) is 0 Å². The Kier molecular flexibility index (Phi) is 3.85. The van der Waals surface area contributed by atoms with Gasteiger partial charge in [0.1, 0.15) is 11.5 Å². The number of carbonyl (C=O) groups excluding carboxylic acids is 1. The van der Waals surface area contributed by atoms with Crippen LogP contribution in [0.3, 0.4) is 0 Å². The van der Waals surface area contributed by atoms with Crippen molar-refractivity contribution in [1.29, 1.82) is 0 Å². The largest absolute Gasteiger partial charge is 0.494 e. The lowest BCUT2D eigenvalue weighted by Crippen LogP contribution is -2.25. The summed E-state index contributed by atoms with van der Waals surface area (Å²) in [7, 11) is 0. The van der Waals surface area contributed by atoms with Gasteiger partial charge in [0.25, 0.3) is 5.91 Å². The van der Waals surface area contributed by atoms with Gasteiger partial charge in [-0.1, -0.05) is 19.8 Å². The van der Waals surface area contributed by atoms with Crippen molar-refractivity contribution in [3.8, 4) is 11.5 Å². The zero-order chi connectivity index (χ0) is 12.1. The maximum atomic E-state index is 11.2. The van der Waals surface area contributed by atoms with Crippen LogP contribution in [0.15, 0.2) is 18.2 Å². The minimum Gasteiger partial charge on any atom is -0.494 e. The van der Waals surface area contributed by atoms with E-state index in [9.17, 15) is 4.79 Å². The molecule has 1 aromatic rings. The highest BCUT2D eigenvalue weighted by Gasteiger charge is 2.15. The highest BCUT2D eigenvalue weighted by molar-refractivity contribution is 5.95. The molecule has 0 saturated carbocycles. The SMILES string of the molecule is CCCCCOc1ccc2c(c1)NC(=O)CO2. The van der Waals surface area contributed by atoms with Crippen molar-refractivity contribution in [2.45, 2.75) is 26.2 Å². The summed E-state index contributed by atoms with van der Waals surface area (Å²) >= 11 is 0. The molecule has 0 spiro atoms. The van der Waals surface area contributed by atoms with Crippen LogP contribution >= 0.6 is 0 Å². The zero-order valence-corrected chi connectivity index (χ0v) is 9.99. The third-order valence-corrected chi connectivity index (χ3v) is 2.60. The molecule has 1 aliphatic rings. The number of benzene rings is 1. The minimum atomic E-state index is -0.124. The van der Waals surface area contributed by atoms with E-state index in [-0.39, 0.29) is 12.5 Å². The fourth-order valence-corrected chi connectivity index (χ4v) is 1.69. The number of nitrogens with one attached hydrogen (secondary N) is 1. The molecule has 4 heteroatoms. The van der Waals surface area contributed by atoms with E-state index >= 15 is 0 Å². The highest BCUT2D eigenvalue weighted by Crippen LogP contribution is 2.31. The molecule has 0 saturated heterocycles. The van der Waals surface area contributed by atoms with Crippen LogP contribution in [-0.2, 0) is 4.79 Å². The summed E-state index contributed by atoms with van der Waals surface area (Å²) in [5, 5.41) is 2.76. The number of fused-ring (bicyclic) bond motifs is 1. The second-order valence-electron chi connectivity index (χ2n) is 4.05. The molecule has 0 fully saturated rings. The molecule has 1 aromatic carbocycles. The van der Waals surface area contributed by atoms with Gasteiger partial charge in [0.05, 0.1) is 12.3 Å². The summed E-state index contributed by atoms with van der Waals surface area (Å²) in [5.41, 5.74) is 0.689. The van der Waals surface area contributed by atoms with Crippen LogP contribution in [-0.4, -0.2) is 19.1 Å². The van der Waals surface area contributed by atoms with Crippen LogP contribution in [0.1, 0.15) is 26.2 Å². The van der Waals surface area contributed by atoms with E-state index in [4.69, 9.17) is 9.47 Å². The molecule has 0 bridgehead atoms. The lowest BCUT2D eigenvalue weighted by molar-refractivity contribution is -0.118. The Morgan fingerprint density at radius 3 is 3.12 bits per heavy atom. The third-order valence-electron chi connectivity index (χ3n) is 2.60. The summed E-state index contributed by atoms with van der Waals surface area (Å²) in [6, 6.07) is 5.49. The van der Waals surface area contributed by atoms with Crippen LogP contribution in [0.5, 0.6) is 11.5 Å². The van der Waals surface area contributed by atoms with E-state index in [1.807, 2.05) is 12.1 Å². The minimum absolute atomic E-state index is 0.0870. The van der Waals surface area contributed by atoms with Crippen molar-refractivity contribution in [2.24, 2.45) is 0 Å². The van der Waals surface area contributed by atoms with Gasteiger partial charge in [-0.25, -0.2) is 0 Å².